The van der Waals surface area contributed by atoms with E-state index in [9.17, 15) is 0 Å². The van der Waals surface area contributed by atoms with E-state index in [4.69, 9.17) is 18.0 Å². The van der Waals surface area contributed by atoms with Crippen LogP contribution in [0.5, 0.6) is 0 Å². The Labute approximate surface area is 128 Å². The molecular weight excluding hydrogens is 280 g/mol. The van der Waals surface area contributed by atoms with Crippen LogP contribution in [0.2, 0.25) is 0 Å². The number of aromatic nitrogens is 2. The van der Waals surface area contributed by atoms with Crippen molar-refractivity contribution in [3.05, 3.63) is 66.1 Å². The number of para-hydroxylation sites is 1. The number of benzene rings is 1. The van der Waals surface area contributed by atoms with E-state index in [0.717, 1.165) is 27.8 Å². The third-order valence-corrected chi connectivity index (χ3v) is 3.43. The van der Waals surface area contributed by atoms with Crippen LogP contribution >= 0.6 is 12.2 Å². The maximum atomic E-state index is 5.81. The minimum Gasteiger partial charge on any atom is -0.389 e. The molecule has 1 aromatic carbocycles. The third kappa shape index (κ3) is 2.83. The largest absolute Gasteiger partial charge is 0.389 e. The molecule has 0 unspecified atom stereocenters. The lowest BCUT2D eigenvalue weighted by Crippen LogP contribution is -2.14. The first-order chi connectivity index (χ1) is 10.3. The summed E-state index contributed by atoms with van der Waals surface area (Å²) < 4.78 is 0. The first-order valence-corrected chi connectivity index (χ1v) is 6.98. The number of pyridine rings is 2. The molecule has 0 radical (unpaired) electrons. The van der Waals surface area contributed by atoms with Gasteiger partial charge in [0.25, 0.3) is 0 Å². The lowest BCUT2D eigenvalue weighted by Gasteiger charge is -2.13. The zero-order valence-corrected chi connectivity index (χ0v) is 12.1. The second-order valence-corrected chi connectivity index (χ2v) is 5.04. The molecule has 0 atom stereocenters. The Balaban J connectivity index is 2.02. The number of rotatable bonds is 4. The van der Waals surface area contributed by atoms with E-state index in [1.807, 2.05) is 42.5 Å². The van der Waals surface area contributed by atoms with Crippen LogP contribution in [0.1, 0.15) is 11.3 Å². The third-order valence-electron chi connectivity index (χ3n) is 3.21. The van der Waals surface area contributed by atoms with Crippen molar-refractivity contribution in [1.29, 1.82) is 0 Å². The van der Waals surface area contributed by atoms with Gasteiger partial charge in [-0.3, -0.25) is 9.97 Å². The average molecular weight is 294 g/mol. The molecule has 2 aromatic heterocycles. The molecule has 21 heavy (non-hydrogen) atoms. The number of nitrogens with zero attached hydrogens (tertiary/aromatic N) is 2. The van der Waals surface area contributed by atoms with Gasteiger partial charge in [0.05, 0.1) is 29.0 Å². The van der Waals surface area contributed by atoms with Crippen molar-refractivity contribution in [2.45, 2.75) is 6.54 Å². The molecule has 5 heteroatoms. The minimum absolute atomic E-state index is 0.330. The highest BCUT2D eigenvalue weighted by atomic mass is 32.1. The van der Waals surface area contributed by atoms with Gasteiger partial charge < -0.3 is 11.1 Å². The van der Waals surface area contributed by atoms with Gasteiger partial charge >= 0.3 is 0 Å². The SMILES string of the molecule is NC(=S)c1cnc2ccccc2c1NCc1ccccn1. The number of nitrogens with one attached hydrogen (secondary N) is 1. The zero-order chi connectivity index (χ0) is 14.7. The molecule has 0 saturated heterocycles. The Kier molecular flexibility index (Phi) is 3.75. The Morgan fingerprint density at radius 2 is 1.90 bits per heavy atom. The summed E-state index contributed by atoms with van der Waals surface area (Å²) in [6.45, 7) is 0.602. The van der Waals surface area contributed by atoms with Crippen molar-refractivity contribution >= 4 is 33.8 Å². The molecule has 0 spiro atoms. The molecule has 0 aliphatic rings. The van der Waals surface area contributed by atoms with Gasteiger partial charge in [-0.05, 0) is 18.2 Å². The molecule has 0 saturated carbocycles. The second kappa shape index (κ2) is 5.85. The normalized spacial score (nSPS) is 10.5. The minimum atomic E-state index is 0.330. The maximum Gasteiger partial charge on any atom is 0.107 e. The van der Waals surface area contributed by atoms with Crippen LogP contribution < -0.4 is 11.1 Å². The molecule has 4 nitrogen and oxygen atoms in total. The van der Waals surface area contributed by atoms with E-state index < -0.39 is 0 Å². The quantitative estimate of drug-likeness (QED) is 0.724. The van der Waals surface area contributed by atoms with Gasteiger partial charge in [0.1, 0.15) is 4.99 Å². The van der Waals surface area contributed by atoms with E-state index >= 15 is 0 Å². The Bertz CT molecular complexity index is 787. The number of hydrogen-bond acceptors (Lipinski definition) is 4. The van der Waals surface area contributed by atoms with Crippen molar-refractivity contribution in [3.8, 4) is 0 Å². The number of anilines is 1. The van der Waals surface area contributed by atoms with Crippen molar-refractivity contribution < 1.29 is 0 Å². The summed E-state index contributed by atoms with van der Waals surface area (Å²) in [5.41, 5.74) is 9.32. The number of thiocarbonyl (C=S) groups is 1. The summed E-state index contributed by atoms with van der Waals surface area (Å²) >= 11 is 5.13. The lowest BCUT2D eigenvalue weighted by atomic mass is 10.1. The highest BCUT2D eigenvalue weighted by Crippen LogP contribution is 2.26. The summed E-state index contributed by atoms with van der Waals surface area (Å²) in [6.07, 6.45) is 3.49. The molecule has 0 bridgehead atoms. The standard InChI is InChI=1S/C16H14N4S/c17-16(21)13-10-19-14-7-2-1-6-12(14)15(13)20-9-11-5-3-4-8-18-11/h1-8,10H,9H2,(H2,17,21)(H,19,20). The van der Waals surface area contributed by atoms with Crippen LogP contribution in [0, 0.1) is 0 Å². The molecular formula is C16H14N4S. The van der Waals surface area contributed by atoms with Crippen LogP contribution in [-0.2, 0) is 6.54 Å². The van der Waals surface area contributed by atoms with E-state index in [0.29, 0.717) is 11.5 Å². The summed E-state index contributed by atoms with van der Waals surface area (Å²) in [4.78, 5) is 9.03. The van der Waals surface area contributed by atoms with E-state index in [1.54, 1.807) is 12.4 Å². The monoisotopic (exact) mass is 294 g/mol. The molecule has 3 rings (SSSR count). The Hall–Kier alpha value is -2.53. The fraction of sp³-hybridized carbons (Fsp3) is 0.0625. The molecule has 0 aliphatic heterocycles. The molecule has 3 N–H and O–H groups in total. The maximum absolute atomic E-state index is 5.81. The van der Waals surface area contributed by atoms with Gasteiger partial charge in [-0.25, -0.2) is 0 Å². The zero-order valence-electron chi connectivity index (χ0n) is 11.3. The van der Waals surface area contributed by atoms with Crippen LogP contribution in [0.3, 0.4) is 0 Å². The van der Waals surface area contributed by atoms with Crippen LogP contribution in [0.4, 0.5) is 5.69 Å². The van der Waals surface area contributed by atoms with Crippen LogP contribution in [0.25, 0.3) is 10.9 Å². The van der Waals surface area contributed by atoms with Gasteiger partial charge in [0, 0.05) is 17.8 Å². The Morgan fingerprint density at radius 3 is 2.67 bits per heavy atom. The summed E-state index contributed by atoms with van der Waals surface area (Å²) in [5, 5.41) is 4.38. The lowest BCUT2D eigenvalue weighted by molar-refractivity contribution is 1.05. The number of hydrogen-bond donors (Lipinski definition) is 2. The molecule has 104 valence electrons. The van der Waals surface area contributed by atoms with Crippen molar-refractivity contribution in [2.24, 2.45) is 5.73 Å². The van der Waals surface area contributed by atoms with Crippen molar-refractivity contribution in [3.63, 3.8) is 0 Å². The van der Waals surface area contributed by atoms with Gasteiger partial charge in [-0.15, -0.1) is 0 Å². The molecule has 0 amide bonds. The molecule has 2 heterocycles. The first kappa shape index (κ1) is 13.5. The predicted octanol–water partition coefficient (Wildman–Crippen LogP) is 2.88. The van der Waals surface area contributed by atoms with Crippen molar-refractivity contribution in [2.75, 3.05) is 5.32 Å². The predicted molar refractivity (Wildman–Crippen MR) is 89.2 cm³/mol. The molecule has 3 aromatic rings. The average Bonchev–Trinajstić information content (AvgIpc) is 2.53. The van der Waals surface area contributed by atoms with E-state index in [-0.39, 0.29) is 0 Å². The summed E-state index contributed by atoms with van der Waals surface area (Å²) in [5.74, 6) is 0. The second-order valence-electron chi connectivity index (χ2n) is 4.60. The smallest absolute Gasteiger partial charge is 0.107 e. The molecule has 0 aliphatic carbocycles. The topological polar surface area (TPSA) is 63.8 Å². The van der Waals surface area contributed by atoms with Gasteiger partial charge in [-0.2, -0.15) is 0 Å². The molecule has 0 fully saturated rings. The number of fused-ring (bicyclic) bond motifs is 1. The summed E-state index contributed by atoms with van der Waals surface area (Å²) in [7, 11) is 0. The number of nitrogens with two attached hydrogens (primary N) is 1. The van der Waals surface area contributed by atoms with Gasteiger partial charge in [0.2, 0.25) is 0 Å². The van der Waals surface area contributed by atoms with Crippen LogP contribution in [-0.4, -0.2) is 15.0 Å². The van der Waals surface area contributed by atoms with Crippen LogP contribution in [0.15, 0.2) is 54.9 Å². The fourth-order valence-corrected chi connectivity index (χ4v) is 2.36. The fourth-order valence-electron chi connectivity index (χ4n) is 2.20. The Morgan fingerprint density at radius 1 is 1.10 bits per heavy atom. The summed E-state index contributed by atoms with van der Waals surface area (Å²) in [6, 6.07) is 13.7. The van der Waals surface area contributed by atoms with Gasteiger partial charge in [0.15, 0.2) is 0 Å². The van der Waals surface area contributed by atoms with Crippen molar-refractivity contribution in [1.82, 2.24) is 9.97 Å². The first-order valence-electron chi connectivity index (χ1n) is 6.57. The highest BCUT2D eigenvalue weighted by Gasteiger charge is 2.10. The highest BCUT2D eigenvalue weighted by molar-refractivity contribution is 7.80. The van der Waals surface area contributed by atoms with E-state index in [1.165, 1.54) is 0 Å². The van der Waals surface area contributed by atoms with E-state index in [2.05, 4.69) is 15.3 Å². The van der Waals surface area contributed by atoms with Gasteiger partial charge in [-0.1, -0.05) is 36.5 Å².